The fourth-order valence-electron chi connectivity index (χ4n) is 1.47. The van der Waals surface area contributed by atoms with Crippen molar-refractivity contribution in [1.82, 2.24) is 9.97 Å². The van der Waals surface area contributed by atoms with Crippen LogP contribution in [0.25, 0.3) is 0 Å². The molecule has 2 heterocycles. The molecule has 18 heavy (non-hydrogen) atoms. The van der Waals surface area contributed by atoms with Gasteiger partial charge in [0.1, 0.15) is 18.2 Å². The average molecular weight is 264 g/mol. The normalized spacial score (nSPS) is 10.1. The van der Waals surface area contributed by atoms with Crippen LogP contribution in [-0.2, 0) is 6.61 Å². The number of ether oxygens (including phenoxy) is 1. The molecule has 0 aromatic carbocycles. The maximum absolute atomic E-state index is 5.82. The van der Waals surface area contributed by atoms with Crippen molar-refractivity contribution in [1.29, 1.82) is 0 Å². The van der Waals surface area contributed by atoms with Gasteiger partial charge in [0.15, 0.2) is 0 Å². The minimum Gasteiger partial charge on any atom is -0.486 e. The average Bonchev–Trinajstić information content (AvgIpc) is 2.37. The first-order valence-electron chi connectivity index (χ1n) is 5.71. The maximum atomic E-state index is 5.82. The van der Waals surface area contributed by atoms with Crippen LogP contribution < -0.4 is 10.1 Å². The van der Waals surface area contributed by atoms with E-state index >= 15 is 0 Å². The summed E-state index contributed by atoms with van der Waals surface area (Å²) >= 11 is 5.82. The molecule has 2 aromatic rings. The highest BCUT2D eigenvalue weighted by Crippen LogP contribution is 2.16. The summed E-state index contributed by atoms with van der Waals surface area (Å²) in [4.78, 5) is 8.36. The van der Waals surface area contributed by atoms with Crippen LogP contribution >= 0.6 is 11.6 Å². The Bertz CT molecular complexity index is 519. The molecule has 5 heteroatoms. The Morgan fingerprint density at radius 3 is 3.00 bits per heavy atom. The Hall–Kier alpha value is -1.81. The number of pyridine rings is 2. The molecule has 0 bridgehead atoms. The largest absolute Gasteiger partial charge is 0.486 e. The quantitative estimate of drug-likeness (QED) is 0.900. The zero-order chi connectivity index (χ0) is 12.8. The van der Waals surface area contributed by atoms with E-state index in [1.165, 1.54) is 0 Å². The first-order chi connectivity index (χ1) is 8.78. The lowest BCUT2D eigenvalue weighted by molar-refractivity contribution is 0.300. The molecular weight excluding hydrogens is 250 g/mol. The molecule has 0 atom stereocenters. The minimum atomic E-state index is 0.390. The smallest absolute Gasteiger partial charge is 0.139 e. The van der Waals surface area contributed by atoms with Crippen LogP contribution in [0.4, 0.5) is 5.82 Å². The van der Waals surface area contributed by atoms with Crippen molar-refractivity contribution >= 4 is 17.4 Å². The van der Waals surface area contributed by atoms with Crippen molar-refractivity contribution < 1.29 is 4.74 Å². The highest BCUT2D eigenvalue weighted by molar-refractivity contribution is 6.30. The third-order valence-electron chi connectivity index (χ3n) is 2.23. The van der Waals surface area contributed by atoms with E-state index in [1.807, 2.05) is 25.1 Å². The van der Waals surface area contributed by atoms with E-state index in [1.54, 1.807) is 18.5 Å². The van der Waals surface area contributed by atoms with Crippen molar-refractivity contribution in [3.05, 3.63) is 47.4 Å². The van der Waals surface area contributed by atoms with E-state index in [-0.39, 0.29) is 0 Å². The van der Waals surface area contributed by atoms with Crippen LogP contribution in [0.2, 0.25) is 5.02 Å². The number of nitrogens with zero attached hydrogens (tertiary/aromatic N) is 2. The molecule has 0 aliphatic carbocycles. The van der Waals surface area contributed by atoms with Crippen molar-refractivity contribution in [3.8, 4) is 5.75 Å². The van der Waals surface area contributed by atoms with Crippen LogP contribution in [-0.4, -0.2) is 16.5 Å². The van der Waals surface area contributed by atoms with Gasteiger partial charge in [0.25, 0.3) is 0 Å². The standard InChI is InChI=1S/C13H14ClN3O/c1-2-16-13-5-3-4-11(17-13)9-18-12-6-10(14)7-15-8-12/h3-8H,2,9H2,1H3,(H,16,17). The number of nitrogens with one attached hydrogen (secondary N) is 1. The van der Waals surface area contributed by atoms with Gasteiger partial charge >= 0.3 is 0 Å². The van der Waals surface area contributed by atoms with Gasteiger partial charge in [-0.25, -0.2) is 4.98 Å². The summed E-state index contributed by atoms with van der Waals surface area (Å²) in [6, 6.07) is 7.51. The lowest BCUT2D eigenvalue weighted by atomic mass is 10.3. The molecule has 0 radical (unpaired) electrons. The Balaban J connectivity index is 1.99. The summed E-state index contributed by atoms with van der Waals surface area (Å²) < 4.78 is 5.57. The topological polar surface area (TPSA) is 47.0 Å². The van der Waals surface area contributed by atoms with Gasteiger partial charge in [0.2, 0.25) is 0 Å². The van der Waals surface area contributed by atoms with Gasteiger partial charge in [-0.15, -0.1) is 0 Å². The number of halogens is 1. The molecule has 0 unspecified atom stereocenters. The fraction of sp³-hybridized carbons (Fsp3) is 0.231. The first-order valence-corrected chi connectivity index (χ1v) is 6.09. The number of anilines is 1. The zero-order valence-corrected chi connectivity index (χ0v) is 10.8. The van der Waals surface area contributed by atoms with Crippen LogP contribution in [0.3, 0.4) is 0 Å². The summed E-state index contributed by atoms with van der Waals surface area (Å²) in [6.45, 7) is 3.26. The van der Waals surface area contributed by atoms with Gasteiger partial charge in [0.05, 0.1) is 16.9 Å². The third-order valence-corrected chi connectivity index (χ3v) is 2.44. The van der Waals surface area contributed by atoms with Crippen LogP contribution in [0, 0.1) is 0 Å². The van der Waals surface area contributed by atoms with Crippen molar-refractivity contribution in [2.24, 2.45) is 0 Å². The van der Waals surface area contributed by atoms with E-state index in [2.05, 4.69) is 15.3 Å². The van der Waals surface area contributed by atoms with E-state index in [9.17, 15) is 0 Å². The van der Waals surface area contributed by atoms with E-state index in [0.29, 0.717) is 17.4 Å². The molecule has 2 rings (SSSR count). The van der Waals surface area contributed by atoms with Crippen LogP contribution in [0.5, 0.6) is 5.75 Å². The Kier molecular flexibility index (Phi) is 4.36. The molecule has 0 aliphatic rings. The van der Waals surface area contributed by atoms with Gasteiger partial charge in [-0.05, 0) is 19.1 Å². The summed E-state index contributed by atoms with van der Waals surface area (Å²) in [5.74, 6) is 1.49. The molecular formula is C13H14ClN3O. The van der Waals surface area contributed by atoms with E-state index < -0.39 is 0 Å². The predicted molar refractivity (Wildman–Crippen MR) is 72.0 cm³/mol. The number of hydrogen-bond donors (Lipinski definition) is 1. The highest BCUT2D eigenvalue weighted by Gasteiger charge is 2.00. The molecule has 0 saturated carbocycles. The molecule has 0 aliphatic heterocycles. The lowest BCUT2D eigenvalue weighted by Gasteiger charge is -2.07. The predicted octanol–water partition coefficient (Wildman–Crippen LogP) is 3.14. The Morgan fingerprint density at radius 2 is 2.22 bits per heavy atom. The molecule has 1 N–H and O–H groups in total. The molecule has 4 nitrogen and oxygen atoms in total. The lowest BCUT2D eigenvalue weighted by Crippen LogP contribution is -2.03. The van der Waals surface area contributed by atoms with Crippen LogP contribution in [0.15, 0.2) is 36.7 Å². The summed E-state index contributed by atoms with van der Waals surface area (Å²) in [7, 11) is 0. The molecule has 2 aromatic heterocycles. The van der Waals surface area contributed by atoms with Crippen LogP contribution in [0.1, 0.15) is 12.6 Å². The second kappa shape index (κ2) is 6.21. The van der Waals surface area contributed by atoms with E-state index in [0.717, 1.165) is 18.1 Å². The number of hydrogen-bond acceptors (Lipinski definition) is 4. The Labute approximate surface area is 111 Å². The minimum absolute atomic E-state index is 0.390. The highest BCUT2D eigenvalue weighted by atomic mass is 35.5. The van der Waals surface area contributed by atoms with Gasteiger partial charge in [-0.1, -0.05) is 17.7 Å². The molecule has 0 saturated heterocycles. The second-order valence-electron chi connectivity index (χ2n) is 3.67. The zero-order valence-electron chi connectivity index (χ0n) is 10.1. The van der Waals surface area contributed by atoms with Gasteiger partial charge in [-0.2, -0.15) is 0 Å². The summed E-state index contributed by atoms with van der Waals surface area (Å²) in [6.07, 6.45) is 3.19. The monoisotopic (exact) mass is 263 g/mol. The molecule has 0 spiro atoms. The third kappa shape index (κ3) is 3.60. The van der Waals surface area contributed by atoms with Gasteiger partial charge < -0.3 is 10.1 Å². The number of rotatable bonds is 5. The molecule has 94 valence electrons. The fourth-order valence-corrected chi connectivity index (χ4v) is 1.63. The van der Waals surface area contributed by atoms with E-state index in [4.69, 9.17) is 16.3 Å². The SMILES string of the molecule is CCNc1cccc(COc2cncc(Cl)c2)n1. The van der Waals surface area contributed by atoms with Crippen molar-refractivity contribution in [3.63, 3.8) is 0 Å². The second-order valence-corrected chi connectivity index (χ2v) is 4.11. The van der Waals surface area contributed by atoms with Crippen molar-refractivity contribution in [2.75, 3.05) is 11.9 Å². The first kappa shape index (κ1) is 12.6. The maximum Gasteiger partial charge on any atom is 0.139 e. The number of aromatic nitrogens is 2. The summed E-state index contributed by atoms with van der Waals surface area (Å²) in [5.41, 5.74) is 0.855. The van der Waals surface area contributed by atoms with Gasteiger partial charge in [0, 0.05) is 18.8 Å². The summed E-state index contributed by atoms with van der Waals surface area (Å²) in [5, 5.41) is 3.71. The Morgan fingerprint density at radius 1 is 1.33 bits per heavy atom. The van der Waals surface area contributed by atoms with Crippen molar-refractivity contribution in [2.45, 2.75) is 13.5 Å². The molecule has 0 amide bonds. The van der Waals surface area contributed by atoms with Gasteiger partial charge in [-0.3, -0.25) is 4.98 Å². The molecule has 0 fully saturated rings.